The van der Waals surface area contributed by atoms with Crippen LogP contribution in [0.2, 0.25) is 0 Å². The van der Waals surface area contributed by atoms with Crippen molar-refractivity contribution in [2.24, 2.45) is 0 Å². The van der Waals surface area contributed by atoms with Crippen molar-refractivity contribution in [2.45, 2.75) is 32.7 Å². The molecular formula is C19H23FN2S. The first-order valence-electron chi connectivity index (χ1n) is 7.63. The van der Waals surface area contributed by atoms with Crippen molar-refractivity contribution < 1.29 is 4.39 Å². The predicted molar refractivity (Wildman–Crippen MR) is 99.2 cm³/mol. The van der Waals surface area contributed by atoms with Crippen molar-refractivity contribution in [1.82, 2.24) is 4.90 Å². The van der Waals surface area contributed by atoms with Crippen LogP contribution in [0.5, 0.6) is 0 Å². The van der Waals surface area contributed by atoms with Gasteiger partial charge in [0.1, 0.15) is 5.82 Å². The van der Waals surface area contributed by atoms with Crippen LogP contribution in [-0.4, -0.2) is 17.1 Å². The van der Waals surface area contributed by atoms with Crippen LogP contribution in [0.4, 0.5) is 10.1 Å². The van der Waals surface area contributed by atoms with Crippen molar-refractivity contribution in [2.75, 3.05) is 12.4 Å². The molecule has 0 amide bonds. The largest absolute Gasteiger partial charge is 0.348 e. The molecule has 2 rings (SSSR count). The topological polar surface area (TPSA) is 15.3 Å². The summed E-state index contributed by atoms with van der Waals surface area (Å²) >= 11 is 5.40. The van der Waals surface area contributed by atoms with E-state index in [0.717, 1.165) is 12.2 Å². The molecule has 2 aromatic carbocycles. The maximum Gasteiger partial charge on any atom is 0.173 e. The standard InChI is InChI=1S/C19H23FN2S/c1-19(2,3)15-7-5-14(6-8-15)13-22(4)18(23)21-17-11-9-16(20)10-12-17/h5-12H,13H2,1-4H3,(H,21,23). The Balaban J connectivity index is 1.96. The van der Waals surface area contributed by atoms with Crippen LogP contribution in [0.1, 0.15) is 31.9 Å². The SMILES string of the molecule is CN(Cc1ccc(C(C)(C)C)cc1)C(=S)Nc1ccc(F)cc1. The van der Waals surface area contributed by atoms with Crippen LogP contribution in [0.3, 0.4) is 0 Å². The molecule has 0 aliphatic heterocycles. The molecule has 0 fully saturated rings. The van der Waals surface area contributed by atoms with Gasteiger partial charge in [0.15, 0.2) is 5.11 Å². The summed E-state index contributed by atoms with van der Waals surface area (Å²) in [5.74, 6) is -0.256. The number of hydrogen-bond acceptors (Lipinski definition) is 1. The molecular weight excluding hydrogens is 307 g/mol. The molecule has 0 aromatic heterocycles. The van der Waals surface area contributed by atoms with E-state index in [9.17, 15) is 4.39 Å². The molecule has 23 heavy (non-hydrogen) atoms. The molecule has 0 aliphatic carbocycles. The highest BCUT2D eigenvalue weighted by molar-refractivity contribution is 7.80. The Labute approximate surface area is 143 Å². The Morgan fingerprint density at radius 1 is 1.04 bits per heavy atom. The van der Waals surface area contributed by atoms with Gasteiger partial charge >= 0.3 is 0 Å². The van der Waals surface area contributed by atoms with E-state index in [0.29, 0.717) is 5.11 Å². The summed E-state index contributed by atoms with van der Waals surface area (Å²) in [7, 11) is 1.94. The normalized spacial score (nSPS) is 11.2. The molecule has 2 aromatic rings. The van der Waals surface area contributed by atoms with E-state index >= 15 is 0 Å². The van der Waals surface area contributed by atoms with E-state index in [1.807, 2.05) is 11.9 Å². The summed E-state index contributed by atoms with van der Waals surface area (Å²) in [6.45, 7) is 7.33. The van der Waals surface area contributed by atoms with E-state index in [1.54, 1.807) is 12.1 Å². The lowest BCUT2D eigenvalue weighted by atomic mass is 9.87. The van der Waals surface area contributed by atoms with Gasteiger partial charge in [0.25, 0.3) is 0 Å². The minimum absolute atomic E-state index is 0.157. The summed E-state index contributed by atoms with van der Waals surface area (Å²) in [5, 5.41) is 3.72. The van der Waals surface area contributed by atoms with Gasteiger partial charge in [0.05, 0.1) is 0 Å². The van der Waals surface area contributed by atoms with Crippen molar-refractivity contribution in [3.8, 4) is 0 Å². The maximum absolute atomic E-state index is 12.9. The lowest BCUT2D eigenvalue weighted by molar-refractivity contribution is 0.508. The van der Waals surface area contributed by atoms with E-state index in [-0.39, 0.29) is 11.2 Å². The first-order valence-corrected chi connectivity index (χ1v) is 8.03. The Kier molecular flexibility index (Phi) is 5.37. The van der Waals surface area contributed by atoms with Crippen LogP contribution in [0.25, 0.3) is 0 Å². The lowest BCUT2D eigenvalue weighted by Gasteiger charge is -2.23. The first kappa shape index (κ1) is 17.4. The molecule has 0 heterocycles. The Hall–Kier alpha value is -1.94. The Morgan fingerprint density at radius 3 is 2.13 bits per heavy atom. The Morgan fingerprint density at radius 2 is 1.61 bits per heavy atom. The zero-order valence-electron chi connectivity index (χ0n) is 14.1. The molecule has 0 aliphatic rings. The van der Waals surface area contributed by atoms with Gasteiger partial charge in [-0.05, 0) is 53.0 Å². The van der Waals surface area contributed by atoms with Crippen LogP contribution >= 0.6 is 12.2 Å². The summed E-state index contributed by atoms with van der Waals surface area (Å²) in [4.78, 5) is 1.96. The number of anilines is 1. The minimum atomic E-state index is -0.256. The summed E-state index contributed by atoms with van der Waals surface area (Å²) in [6.07, 6.45) is 0. The summed E-state index contributed by atoms with van der Waals surface area (Å²) < 4.78 is 12.9. The molecule has 0 saturated heterocycles. The second-order valence-electron chi connectivity index (χ2n) is 6.74. The van der Waals surface area contributed by atoms with Crippen LogP contribution in [0.15, 0.2) is 48.5 Å². The lowest BCUT2D eigenvalue weighted by Crippen LogP contribution is -2.30. The van der Waals surface area contributed by atoms with E-state index in [4.69, 9.17) is 12.2 Å². The number of benzene rings is 2. The van der Waals surface area contributed by atoms with Gasteiger partial charge < -0.3 is 10.2 Å². The van der Waals surface area contributed by atoms with Gasteiger partial charge in [-0.25, -0.2) is 4.39 Å². The van der Waals surface area contributed by atoms with Crippen molar-refractivity contribution >= 4 is 23.0 Å². The van der Waals surface area contributed by atoms with Gasteiger partial charge in [-0.1, -0.05) is 45.0 Å². The molecule has 0 atom stereocenters. The molecule has 0 bridgehead atoms. The number of rotatable bonds is 3. The van der Waals surface area contributed by atoms with Crippen molar-refractivity contribution in [3.63, 3.8) is 0 Å². The zero-order chi connectivity index (χ0) is 17.0. The van der Waals surface area contributed by atoms with Crippen molar-refractivity contribution in [1.29, 1.82) is 0 Å². The number of nitrogens with zero attached hydrogens (tertiary/aromatic N) is 1. The molecule has 0 saturated carbocycles. The predicted octanol–water partition coefficient (Wildman–Crippen LogP) is 4.95. The first-order chi connectivity index (χ1) is 10.8. The minimum Gasteiger partial charge on any atom is -0.348 e. The number of nitrogens with one attached hydrogen (secondary N) is 1. The van der Waals surface area contributed by atoms with Gasteiger partial charge in [-0.2, -0.15) is 0 Å². The monoisotopic (exact) mass is 330 g/mol. The van der Waals surface area contributed by atoms with Gasteiger partial charge in [-0.15, -0.1) is 0 Å². The fourth-order valence-corrected chi connectivity index (χ4v) is 2.39. The zero-order valence-corrected chi connectivity index (χ0v) is 14.9. The fraction of sp³-hybridized carbons (Fsp3) is 0.316. The molecule has 0 unspecified atom stereocenters. The molecule has 1 N–H and O–H groups in total. The maximum atomic E-state index is 12.9. The van der Waals surface area contributed by atoms with Gasteiger partial charge in [0, 0.05) is 19.3 Å². The summed E-state index contributed by atoms with van der Waals surface area (Å²) in [5.41, 5.74) is 3.45. The number of halogens is 1. The van der Waals surface area contributed by atoms with Crippen LogP contribution in [-0.2, 0) is 12.0 Å². The highest BCUT2D eigenvalue weighted by Gasteiger charge is 2.13. The molecule has 2 nitrogen and oxygen atoms in total. The van der Waals surface area contributed by atoms with E-state index in [2.05, 4.69) is 50.4 Å². The third kappa shape index (κ3) is 5.03. The second-order valence-corrected chi connectivity index (χ2v) is 7.13. The van der Waals surface area contributed by atoms with Gasteiger partial charge in [0.2, 0.25) is 0 Å². The molecule has 122 valence electrons. The van der Waals surface area contributed by atoms with E-state index in [1.165, 1.54) is 23.3 Å². The Bertz CT molecular complexity index is 657. The average molecular weight is 330 g/mol. The smallest absolute Gasteiger partial charge is 0.173 e. The van der Waals surface area contributed by atoms with Crippen LogP contribution in [0, 0.1) is 5.82 Å². The second kappa shape index (κ2) is 7.09. The van der Waals surface area contributed by atoms with Gasteiger partial charge in [-0.3, -0.25) is 0 Å². The highest BCUT2D eigenvalue weighted by atomic mass is 32.1. The number of thiocarbonyl (C=S) groups is 1. The van der Waals surface area contributed by atoms with E-state index < -0.39 is 0 Å². The van der Waals surface area contributed by atoms with Crippen molar-refractivity contribution in [3.05, 3.63) is 65.5 Å². The third-order valence-corrected chi connectivity index (χ3v) is 4.10. The quantitative estimate of drug-likeness (QED) is 0.802. The number of hydrogen-bond donors (Lipinski definition) is 1. The molecule has 0 radical (unpaired) electrons. The van der Waals surface area contributed by atoms with Crippen LogP contribution < -0.4 is 5.32 Å². The molecule has 4 heteroatoms. The highest BCUT2D eigenvalue weighted by Crippen LogP contribution is 2.22. The third-order valence-electron chi connectivity index (χ3n) is 3.68. The fourth-order valence-electron chi connectivity index (χ4n) is 2.21. The summed E-state index contributed by atoms with van der Waals surface area (Å²) in [6, 6.07) is 14.8. The average Bonchev–Trinajstić information content (AvgIpc) is 2.49. The molecule has 0 spiro atoms.